The van der Waals surface area contributed by atoms with Gasteiger partial charge >= 0.3 is 7.82 Å². The minimum Gasteiger partial charge on any atom is -0.391 e. The summed E-state index contributed by atoms with van der Waals surface area (Å²) in [5.41, 5.74) is 0. The summed E-state index contributed by atoms with van der Waals surface area (Å²) in [5.74, 6) is -0.165. The first-order chi connectivity index (χ1) is 35.0. The molecule has 9 heteroatoms. The molecule has 0 spiro atoms. The standard InChI is InChI=1S/C63H121N2O6P/c1-6-8-10-12-14-16-18-20-22-24-25-26-27-28-29-30-31-32-33-34-35-36-37-38-39-41-42-44-46-48-50-52-54-56-62(66)61(60-71-72(68,69)70-59-58-65(3,4)5)64-63(67)57-55-53-51-49-47-45-43-40-23-21-19-17-15-13-11-9-7-2/h9,11,15,17,21,23,43,45,61-62,66H,6-8,10,12-14,16,18-20,22,24-42,44,46-60H2,1-5H3,(H-,64,67,68,69)/p+1/b11-9-,17-15-,23-21-,45-43-. The van der Waals surface area contributed by atoms with Crippen molar-refractivity contribution in [3.63, 3.8) is 0 Å². The van der Waals surface area contributed by atoms with Crippen molar-refractivity contribution >= 4 is 13.7 Å². The van der Waals surface area contributed by atoms with E-state index in [1.807, 2.05) is 21.1 Å². The van der Waals surface area contributed by atoms with Crippen LogP contribution in [0.2, 0.25) is 0 Å². The van der Waals surface area contributed by atoms with Gasteiger partial charge in [0.25, 0.3) is 0 Å². The first-order valence-corrected chi connectivity index (χ1v) is 32.5. The number of unbranched alkanes of at least 4 members (excludes halogenated alkanes) is 36. The van der Waals surface area contributed by atoms with Crippen LogP contribution >= 0.6 is 7.82 Å². The van der Waals surface area contributed by atoms with E-state index in [1.54, 1.807) is 0 Å². The third-order valence-corrected chi connectivity index (χ3v) is 15.1. The molecule has 3 atom stereocenters. The Bertz CT molecular complexity index is 1310. The average molecular weight is 1030 g/mol. The quantitative estimate of drug-likeness (QED) is 0.0243. The van der Waals surface area contributed by atoms with Crippen molar-refractivity contribution in [3.8, 4) is 0 Å². The maximum absolute atomic E-state index is 13.0. The van der Waals surface area contributed by atoms with Crippen LogP contribution in [0.5, 0.6) is 0 Å². The Balaban J connectivity index is 4.03. The fraction of sp³-hybridized carbons (Fsp3) is 0.857. The van der Waals surface area contributed by atoms with Crippen LogP contribution in [0.3, 0.4) is 0 Å². The lowest BCUT2D eigenvalue weighted by molar-refractivity contribution is -0.870. The highest BCUT2D eigenvalue weighted by atomic mass is 31.2. The van der Waals surface area contributed by atoms with Gasteiger partial charge in [-0.3, -0.25) is 13.8 Å². The number of phosphoric ester groups is 1. The van der Waals surface area contributed by atoms with E-state index in [2.05, 4.69) is 67.8 Å². The number of likely N-dealkylation sites (N-methyl/N-ethyl adjacent to an activating group) is 1. The number of nitrogens with zero attached hydrogens (tertiary/aromatic N) is 1. The summed E-state index contributed by atoms with van der Waals surface area (Å²) < 4.78 is 23.8. The fourth-order valence-electron chi connectivity index (χ4n) is 9.28. The minimum atomic E-state index is -4.33. The second kappa shape index (κ2) is 54.3. The molecule has 0 aromatic rings. The number of quaternary nitrogens is 1. The van der Waals surface area contributed by atoms with Crippen molar-refractivity contribution < 1.29 is 32.9 Å². The van der Waals surface area contributed by atoms with Crippen molar-refractivity contribution in [3.05, 3.63) is 48.6 Å². The van der Waals surface area contributed by atoms with E-state index in [4.69, 9.17) is 9.05 Å². The number of nitrogens with one attached hydrogen (secondary N) is 1. The third-order valence-electron chi connectivity index (χ3n) is 14.1. The van der Waals surface area contributed by atoms with Crippen LogP contribution in [0.15, 0.2) is 48.6 Å². The van der Waals surface area contributed by atoms with Crippen LogP contribution in [-0.4, -0.2) is 73.4 Å². The molecule has 0 aromatic carbocycles. The highest BCUT2D eigenvalue weighted by Gasteiger charge is 2.28. The maximum Gasteiger partial charge on any atom is 0.472 e. The van der Waals surface area contributed by atoms with Gasteiger partial charge in [-0.2, -0.15) is 0 Å². The largest absolute Gasteiger partial charge is 0.472 e. The van der Waals surface area contributed by atoms with Gasteiger partial charge in [0.15, 0.2) is 0 Å². The van der Waals surface area contributed by atoms with Crippen molar-refractivity contribution in [2.75, 3.05) is 40.9 Å². The number of phosphoric acid groups is 1. The van der Waals surface area contributed by atoms with E-state index >= 15 is 0 Å². The molecule has 0 radical (unpaired) electrons. The number of carbonyl (C=O) groups excluding carboxylic acids is 1. The van der Waals surface area contributed by atoms with Crippen molar-refractivity contribution in [2.24, 2.45) is 0 Å². The Hall–Kier alpha value is -1.54. The second-order valence-electron chi connectivity index (χ2n) is 22.4. The van der Waals surface area contributed by atoms with Gasteiger partial charge in [0.1, 0.15) is 13.2 Å². The van der Waals surface area contributed by atoms with E-state index in [9.17, 15) is 19.4 Å². The predicted molar refractivity (Wildman–Crippen MR) is 314 cm³/mol. The Labute approximate surface area is 448 Å². The molecule has 0 rings (SSSR count). The molecule has 0 saturated carbocycles. The van der Waals surface area contributed by atoms with Gasteiger partial charge in [-0.25, -0.2) is 4.57 Å². The topological polar surface area (TPSA) is 105 Å². The Morgan fingerprint density at radius 2 is 0.833 bits per heavy atom. The summed E-state index contributed by atoms with van der Waals surface area (Å²) in [6.07, 6.45) is 72.0. The molecule has 0 aliphatic heterocycles. The lowest BCUT2D eigenvalue weighted by atomic mass is 10.0. The second-order valence-corrected chi connectivity index (χ2v) is 23.9. The zero-order valence-corrected chi connectivity index (χ0v) is 49.3. The average Bonchev–Trinajstić information content (AvgIpc) is 3.34. The Kier molecular flexibility index (Phi) is 53.1. The number of rotatable bonds is 57. The number of aliphatic hydroxyl groups excluding tert-OH is 1. The third kappa shape index (κ3) is 56.2. The predicted octanol–water partition coefficient (Wildman–Crippen LogP) is 19.1. The molecule has 1 amide bonds. The van der Waals surface area contributed by atoms with Crippen LogP contribution in [-0.2, 0) is 18.4 Å². The van der Waals surface area contributed by atoms with Crippen molar-refractivity contribution in [1.82, 2.24) is 5.32 Å². The minimum absolute atomic E-state index is 0.0683. The molecule has 72 heavy (non-hydrogen) atoms. The molecule has 3 unspecified atom stereocenters. The van der Waals surface area contributed by atoms with Crippen molar-refractivity contribution in [1.29, 1.82) is 0 Å². The number of carbonyl (C=O) groups is 1. The van der Waals surface area contributed by atoms with E-state index in [1.165, 1.54) is 193 Å². The SMILES string of the molecule is CC/C=C\C/C=C\C/C=C\C/C=C\CCCCCCC(=O)NC(COP(=O)(O)OCC[N+](C)(C)C)C(O)CCCCCCCCCCCCCCCCCCCCCCCCCCCCCCCCCCC. The molecule has 8 nitrogen and oxygen atoms in total. The maximum atomic E-state index is 13.0. The molecule has 0 fully saturated rings. The molecule has 0 aliphatic rings. The molecule has 0 heterocycles. The van der Waals surface area contributed by atoms with Gasteiger partial charge in [-0.05, 0) is 51.4 Å². The molecule has 0 bridgehead atoms. The lowest BCUT2D eigenvalue weighted by Crippen LogP contribution is -2.46. The molecule has 0 aliphatic carbocycles. The monoisotopic (exact) mass is 1030 g/mol. The van der Waals surface area contributed by atoms with Gasteiger partial charge in [0.05, 0.1) is 39.9 Å². The van der Waals surface area contributed by atoms with Crippen LogP contribution in [0.4, 0.5) is 0 Å². The number of allylic oxidation sites excluding steroid dienone is 8. The van der Waals surface area contributed by atoms with Crippen LogP contribution in [0.1, 0.15) is 296 Å². The first kappa shape index (κ1) is 70.5. The summed E-state index contributed by atoms with van der Waals surface area (Å²) in [6.45, 7) is 4.78. The van der Waals surface area contributed by atoms with E-state index < -0.39 is 20.0 Å². The zero-order chi connectivity index (χ0) is 52.7. The number of hydrogen-bond acceptors (Lipinski definition) is 5. The van der Waals surface area contributed by atoms with Crippen LogP contribution < -0.4 is 5.32 Å². The Morgan fingerprint density at radius 1 is 0.486 bits per heavy atom. The normalized spacial score (nSPS) is 14.2. The fourth-order valence-corrected chi connectivity index (χ4v) is 10.0. The summed E-state index contributed by atoms with van der Waals surface area (Å²) in [7, 11) is 1.60. The number of hydrogen-bond donors (Lipinski definition) is 3. The summed E-state index contributed by atoms with van der Waals surface area (Å²) in [4.78, 5) is 23.3. The molecule has 0 aromatic heterocycles. The highest BCUT2D eigenvalue weighted by Crippen LogP contribution is 2.43. The van der Waals surface area contributed by atoms with Gasteiger partial charge in [0, 0.05) is 6.42 Å². The first-order valence-electron chi connectivity index (χ1n) is 31.0. The molecule has 424 valence electrons. The zero-order valence-electron chi connectivity index (χ0n) is 48.4. The van der Waals surface area contributed by atoms with Crippen LogP contribution in [0, 0.1) is 0 Å². The number of amides is 1. The molecular formula is C63H122N2O6P+. The van der Waals surface area contributed by atoms with E-state index in [0.717, 1.165) is 77.0 Å². The molecule has 0 saturated heterocycles. The van der Waals surface area contributed by atoms with Crippen LogP contribution in [0.25, 0.3) is 0 Å². The van der Waals surface area contributed by atoms with Gasteiger partial charge in [-0.15, -0.1) is 0 Å². The van der Waals surface area contributed by atoms with Gasteiger partial charge in [-0.1, -0.05) is 287 Å². The lowest BCUT2D eigenvalue weighted by Gasteiger charge is -2.26. The molecular weight excluding hydrogens is 912 g/mol. The van der Waals surface area contributed by atoms with Gasteiger partial charge < -0.3 is 19.8 Å². The summed E-state index contributed by atoms with van der Waals surface area (Å²) >= 11 is 0. The van der Waals surface area contributed by atoms with Crippen molar-refractivity contribution in [2.45, 2.75) is 309 Å². The highest BCUT2D eigenvalue weighted by molar-refractivity contribution is 7.47. The Morgan fingerprint density at radius 3 is 1.22 bits per heavy atom. The summed E-state index contributed by atoms with van der Waals surface area (Å²) in [6, 6.07) is -0.776. The molecule has 3 N–H and O–H groups in total. The smallest absolute Gasteiger partial charge is 0.391 e. The summed E-state index contributed by atoms with van der Waals surface area (Å²) in [5, 5.41) is 14.1. The van der Waals surface area contributed by atoms with E-state index in [0.29, 0.717) is 23.9 Å². The van der Waals surface area contributed by atoms with E-state index in [-0.39, 0.29) is 19.1 Å². The van der Waals surface area contributed by atoms with Gasteiger partial charge in [0.2, 0.25) is 5.91 Å². The number of aliphatic hydroxyl groups is 1.